The van der Waals surface area contributed by atoms with Gasteiger partial charge in [-0.25, -0.2) is 9.59 Å². The molecular formula is C14H28NO4S2+. The van der Waals surface area contributed by atoms with Crippen LogP contribution in [0.4, 0.5) is 4.79 Å². The van der Waals surface area contributed by atoms with Gasteiger partial charge >= 0.3 is 12.1 Å². The van der Waals surface area contributed by atoms with Crippen LogP contribution in [-0.2, 0) is 25.2 Å². The molecule has 0 aromatic carbocycles. The van der Waals surface area contributed by atoms with Crippen LogP contribution in [0.3, 0.4) is 0 Å². The van der Waals surface area contributed by atoms with Gasteiger partial charge in [0.15, 0.2) is 0 Å². The van der Waals surface area contributed by atoms with E-state index in [0.29, 0.717) is 16.6 Å². The van der Waals surface area contributed by atoms with Crippen molar-refractivity contribution in [1.82, 2.24) is 5.32 Å². The molecule has 124 valence electrons. The molecule has 1 amide bonds. The number of rotatable bonds is 7. The molecule has 0 aliphatic rings. The van der Waals surface area contributed by atoms with Gasteiger partial charge in [0.05, 0.1) is 19.6 Å². The van der Waals surface area contributed by atoms with E-state index in [2.05, 4.69) is 17.8 Å². The van der Waals surface area contributed by atoms with Gasteiger partial charge in [-0.2, -0.15) is 11.8 Å². The Morgan fingerprint density at radius 2 is 1.76 bits per heavy atom. The normalized spacial score (nSPS) is 14.5. The van der Waals surface area contributed by atoms with Gasteiger partial charge in [0.25, 0.3) is 0 Å². The predicted molar refractivity (Wildman–Crippen MR) is 91.2 cm³/mol. The van der Waals surface area contributed by atoms with Gasteiger partial charge in [0, 0.05) is 11.5 Å². The lowest BCUT2D eigenvalue weighted by Crippen LogP contribution is -2.55. The van der Waals surface area contributed by atoms with E-state index < -0.39 is 23.2 Å². The van der Waals surface area contributed by atoms with Crippen molar-refractivity contribution in [3.05, 3.63) is 0 Å². The second-order valence-corrected chi connectivity index (χ2v) is 9.68. The third-order valence-corrected chi connectivity index (χ3v) is 4.99. The third kappa shape index (κ3) is 9.14. The zero-order valence-corrected chi connectivity index (χ0v) is 15.7. The average Bonchev–Trinajstić information content (AvgIpc) is 2.30. The van der Waals surface area contributed by atoms with Crippen LogP contribution in [0.2, 0.25) is 0 Å². The van der Waals surface area contributed by atoms with Gasteiger partial charge in [0.1, 0.15) is 16.9 Å². The molecule has 0 saturated heterocycles. The third-order valence-electron chi connectivity index (χ3n) is 2.44. The van der Waals surface area contributed by atoms with Crippen molar-refractivity contribution in [3.63, 3.8) is 0 Å². The first-order valence-electron chi connectivity index (χ1n) is 6.71. The Morgan fingerprint density at radius 1 is 1.19 bits per heavy atom. The summed E-state index contributed by atoms with van der Waals surface area (Å²) in [5, 5.41) is 2.63. The Kier molecular flexibility index (Phi) is 8.54. The summed E-state index contributed by atoms with van der Waals surface area (Å²) in [5.74, 6) is 2.02. The molecule has 0 aromatic heterocycles. The molecular weight excluding hydrogens is 310 g/mol. The van der Waals surface area contributed by atoms with E-state index in [1.807, 2.05) is 0 Å². The topological polar surface area (TPSA) is 64.6 Å². The fourth-order valence-corrected chi connectivity index (χ4v) is 3.95. The fraction of sp³-hybridized carbons (Fsp3) is 0.857. The summed E-state index contributed by atoms with van der Waals surface area (Å²) in [7, 11) is 1.69. The average molecular weight is 339 g/mol. The Labute approximate surface area is 135 Å². The maximum absolute atomic E-state index is 12.0. The first kappa shape index (κ1) is 20.4. The number of nitrogens with one attached hydrogen (secondary N) is 1. The lowest BCUT2D eigenvalue weighted by Gasteiger charge is -2.29. The molecule has 0 fully saturated rings. The lowest BCUT2D eigenvalue weighted by molar-refractivity contribution is -0.146. The highest BCUT2D eigenvalue weighted by atomic mass is 32.2. The maximum atomic E-state index is 12.0. The van der Waals surface area contributed by atoms with Crippen molar-refractivity contribution in [3.8, 4) is 0 Å². The highest BCUT2D eigenvalue weighted by Gasteiger charge is 2.37. The number of alkyl carbamates (subject to hydrolysis) is 1. The SMILES string of the molecule is COC(=O)[C@](C)(CSCC[S+](C)C)NC(=O)OC(C)(C)C. The summed E-state index contributed by atoms with van der Waals surface area (Å²) in [5.41, 5.74) is -1.69. The number of amides is 1. The molecule has 1 N–H and O–H groups in total. The Hall–Kier alpha value is -0.560. The minimum atomic E-state index is -1.08. The first-order valence-corrected chi connectivity index (χ1v) is 10.1. The van der Waals surface area contributed by atoms with E-state index in [4.69, 9.17) is 9.47 Å². The summed E-state index contributed by atoms with van der Waals surface area (Å²) in [6.45, 7) is 6.99. The van der Waals surface area contributed by atoms with Crippen LogP contribution < -0.4 is 5.32 Å². The molecule has 0 radical (unpaired) electrons. The van der Waals surface area contributed by atoms with E-state index in [1.54, 1.807) is 39.5 Å². The number of carbonyl (C=O) groups excluding carboxylic acids is 2. The zero-order chi connectivity index (χ0) is 16.7. The minimum absolute atomic E-state index is 0.370. The van der Waals surface area contributed by atoms with Crippen LogP contribution in [0, 0.1) is 0 Å². The van der Waals surface area contributed by atoms with Gasteiger partial charge in [-0.15, -0.1) is 0 Å². The van der Waals surface area contributed by atoms with Gasteiger partial charge in [-0.3, -0.25) is 0 Å². The van der Waals surface area contributed by atoms with Crippen molar-refractivity contribution in [2.24, 2.45) is 0 Å². The highest BCUT2D eigenvalue weighted by Crippen LogP contribution is 2.17. The fourth-order valence-electron chi connectivity index (χ4n) is 1.40. The zero-order valence-electron chi connectivity index (χ0n) is 14.1. The van der Waals surface area contributed by atoms with Crippen LogP contribution in [0.15, 0.2) is 0 Å². The van der Waals surface area contributed by atoms with Gasteiger partial charge < -0.3 is 14.8 Å². The van der Waals surface area contributed by atoms with Crippen LogP contribution in [0.1, 0.15) is 27.7 Å². The first-order chi connectivity index (χ1) is 9.50. The van der Waals surface area contributed by atoms with E-state index >= 15 is 0 Å². The molecule has 5 nitrogen and oxygen atoms in total. The number of hydrogen-bond donors (Lipinski definition) is 1. The summed E-state index contributed by atoms with van der Waals surface area (Å²) in [6.07, 6.45) is 3.75. The van der Waals surface area contributed by atoms with E-state index in [9.17, 15) is 9.59 Å². The highest BCUT2D eigenvalue weighted by molar-refractivity contribution is 8.01. The van der Waals surface area contributed by atoms with E-state index in [0.717, 1.165) is 11.5 Å². The quantitative estimate of drug-likeness (QED) is 0.437. The van der Waals surface area contributed by atoms with Crippen LogP contribution in [0.25, 0.3) is 0 Å². The molecule has 0 spiro atoms. The van der Waals surface area contributed by atoms with Gasteiger partial charge in [0.2, 0.25) is 0 Å². The second-order valence-electron chi connectivity index (χ2n) is 6.19. The summed E-state index contributed by atoms with van der Waals surface area (Å²) >= 11 is 1.63. The number of esters is 1. The smallest absolute Gasteiger partial charge is 0.408 e. The van der Waals surface area contributed by atoms with Crippen molar-refractivity contribution in [2.75, 3.05) is 36.9 Å². The molecule has 0 aliphatic heterocycles. The maximum Gasteiger partial charge on any atom is 0.408 e. The Bertz CT molecular complexity index is 355. The summed E-state index contributed by atoms with van der Waals surface area (Å²) in [6, 6.07) is 0. The molecule has 21 heavy (non-hydrogen) atoms. The standard InChI is InChI=1S/C14H27NO4S2/c1-13(2,3)19-12(17)15-14(4,11(16)18-5)10-20-8-9-21(6)7/h8-10H2,1-7H3/p+1/t14-/m0/s1. The van der Waals surface area contributed by atoms with E-state index in [1.165, 1.54) is 7.11 Å². The number of ether oxygens (including phenoxy) is 2. The largest absolute Gasteiger partial charge is 0.467 e. The number of carbonyl (C=O) groups is 2. The molecule has 0 aliphatic carbocycles. The second kappa shape index (κ2) is 8.78. The Morgan fingerprint density at radius 3 is 2.19 bits per heavy atom. The molecule has 1 atom stereocenters. The molecule has 0 aromatic rings. The molecule has 0 bridgehead atoms. The van der Waals surface area contributed by atoms with Crippen molar-refractivity contribution in [2.45, 2.75) is 38.8 Å². The van der Waals surface area contributed by atoms with Crippen molar-refractivity contribution >= 4 is 34.7 Å². The molecule has 0 heterocycles. The van der Waals surface area contributed by atoms with Crippen LogP contribution in [-0.4, -0.2) is 60.1 Å². The van der Waals surface area contributed by atoms with Crippen molar-refractivity contribution < 1.29 is 19.1 Å². The molecule has 0 unspecified atom stereocenters. The van der Waals surface area contributed by atoms with Crippen LogP contribution >= 0.6 is 11.8 Å². The van der Waals surface area contributed by atoms with Crippen molar-refractivity contribution in [1.29, 1.82) is 0 Å². The van der Waals surface area contributed by atoms with Crippen LogP contribution in [0.5, 0.6) is 0 Å². The lowest BCUT2D eigenvalue weighted by atomic mass is 10.1. The molecule has 7 heteroatoms. The number of hydrogen-bond acceptors (Lipinski definition) is 5. The molecule has 0 rings (SSSR count). The van der Waals surface area contributed by atoms with E-state index in [-0.39, 0.29) is 0 Å². The summed E-state index contributed by atoms with van der Waals surface area (Å²) in [4.78, 5) is 23.8. The van der Waals surface area contributed by atoms with Gasteiger partial charge in [-0.1, -0.05) is 0 Å². The minimum Gasteiger partial charge on any atom is -0.467 e. The molecule has 0 saturated carbocycles. The summed E-state index contributed by atoms with van der Waals surface area (Å²) < 4.78 is 10.0. The Balaban J connectivity index is 4.62. The monoisotopic (exact) mass is 338 g/mol. The number of methoxy groups -OCH3 is 1. The predicted octanol–water partition coefficient (Wildman–Crippen LogP) is 2.05. The number of thioether (sulfide) groups is 1. The van der Waals surface area contributed by atoms with Gasteiger partial charge in [-0.05, 0) is 38.6 Å².